The lowest BCUT2D eigenvalue weighted by Crippen LogP contribution is -2.57. The molecule has 1 aromatic rings. The molecule has 0 unspecified atom stereocenters. The highest BCUT2D eigenvalue weighted by atomic mass is 32.1. The number of hydrogen-bond donors (Lipinski definition) is 4. The maximum Gasteiger partial charge on any atom is 0.323 e. The second kappa shape index (κ2) is 8.31. The molecule has 0 radical (unpaired) electrons. The first kappa shape index (κ1) is 22.4. The Morgan fingerprint density at radius 1 is 1.32 bits per heavy atom. The molecule has 1 aliphatic heterocycles. The molecule has 2 heterocycles. The van der Waals surface area contributed by atoms with Gasteiger partial charge in [-0.2, -0.15) is 0 Å². The Hall–Kier alpha value is -1.75. The molecule has 2 aliphatic carbocycles. The van der Waals surface area contributed by atoms with Crippen LogP contribution in [0.15, 0.2) is 0 Å². The van der Waals surface area contributed by atoms with Crippen LogP contribution in [0.3, 0.4) is 0 Å². The van der Waals surface area contributed by atoms with Crippen molar-refractivity contribution in [3.05, 3.63) is 10.6 Å². The van der Waals surface area contributed by atoms with Gasteiger partial charge in [0.15, 0.2) is 5.13 Å². The largest absolute Gasteiger partial charge is 0.481 e. The zero-order chi connectivity index (χ0) is 22.4. The Balaban J connectivity index is 1.67. The highest BCUT2D eigenvalue weighted by molar-refractivity contribution is 7.15. The van der Waals surface area contributed by atoms with Crippen LogP contribution in [-0.2, 0) is 16.0 Å². The molecule has 4 N–H and O–H groups in total. The maximum absolute atomic E-state index is 12.6. The number of nitrogens with zero attached hydrogens (tertiary/aromatic N) is 2. The maximum atomic E-state index is 12.6. The van der Waals surface area contributed by atoms with E-state index in [-0.39, 0.29) is 30.9 Å². The monoisotopic (exact) mass is 453 g/mol. The van der Waals surface area contributed by atoms with E-state index >= 15 is 0 Å². The molecular weight excluding hydrogens is 422 g/mol. The molecule has 1 saturated heterocycles. The van der Waals surface area contributed by atoms with Crippen LogP contribution in [0.2, 0.25) is 0 Å². The van der Waals surface area contributed by atoms with Gasteiger partial charge in [-0.05, 0) is 30.6 Å². The number of hydrogen-bond acceptors (Lipinski definition) is 7. The average Bonchev–Trinajstić information content (AvgIpc) is 3.15. The van der Waals surface area contributed by atoms with Gasteiger partial charge in [-0.25, -0.2) is 9.78 Å². The Labute approximate surface area is 185 Å². The molecule has 2 amide bonds. The van der Waals surface area contributed by atoms with Crippen LogP contribution in [0.5, 0.6) is 0 Å². The Bertz CT molecular complexity index is 856. The molecule has 1 aromatic heterocycles. The van der Waals surface area contributed by atoms with Crippen LogP contribution < -0.4 is 5.32 Å². The van der Waals surface area contributed by atoms with Gasteiger partial charge in [0, 0.05) is 29.3 Å². The number of ether oxygens (including phenoxy) is 1. The second-order valence-electron chi connectivity index (χ2n) is 9.49. The van der Waals surface area contributed by atoms with Crippen molar-refractivity contribution < 1.29 is 29.6 Å². The van der Waals surface area contributed by atoms with Crippen molar-refractivity contribution in [3.8, 4) is 0 Å². The van der Waals surface area contributed by atoms with Gasteiger partial charge in [-0.1, -0.05) is 13.8 Å². The van der Waals surface area contributed by atoms with Gasteiger partial charge in [-0.15, -0.1) is 11.3 Å². The van der Waals surface area contributed by atoms with Crippen molar-refractivity contribution >= 4 is 28.5 Å². The zero-order valence-corrected chi connectivity index (χ0v) is 18.8. The van der Waals surface area contributed by atoms with Crippen molar-refractivity contribution in [2.75, 3.05) is 38.2 Å². The fourth-order valence-electron chi connectivity index (χ4n) is 5.81. The molecule has 10 heteroatoms. The predicted molar refractivity (Wildman–Crippen MR) is 114 cm³/mol. The van der Waals surface area contributed by atoms with E-state index in [0.29, 0.717) is 50.7 Å². The number of carboxylic acids is 1. The van der Waals surface area contributed by atoms with Crippen LogP contribution in [0.25, 0.3) is 0 Å². The number of amides is 2. The smallest absolute Gasteiger partial charge is 0.323 e. The summed E-state index contributed by atoms with van der Waals surface area (Å²) in [5, 5.41) is 33.9. The van der Waals surface area contributed by atoms with E-state index in [4.69, 9.17) is 4.74 Å². The highest BCUT2D eigenvalue weighted by Gasteiger charge is 2.59. The van der Waals surface area contributed by atoms with Crippen LogP contribution in [-0.4, -0.2) is 76.2 Å². The fraction of sp³-hybridized carbons (Fsp3) is 0.762. The number of fused-ring (bicyclic) bond motifs is 2. The van der Waals surface area contributed by atoms with E-state index in [2.05, 4.69) is 17.2 Å². The van der Waals surface area contributed by atoms with Crippen molar-refractivity contribution in [1.82, 2.24) is 9.88 Å². The van der Waals surface area contributed by atoms with E-state index in [9.17, 15) is 24.9 Å². The van der Waals surface area contributed by atoms with E-state index in [0.717, 1.165) is 10.6 Å². The summed E-state index contributed by atoms with van der Waals surface area (Å²) in [4.78, 5) is 31.7. The molecule has 0 spiro atoms. The summed E-state index contributed by atoms with van der Waals surface area (Å²) < 4.78 is 5.29. The van der Waals surface area contributed by atoms with Gasteiger partial charge in [-0.3, -0.25) is 10.1 Å². The molecule has 5 atom stereocenters. The third-order valence-corrected chi connectivity index (χ3v) is 8.79. The van der Waals surface area contributed by atoms with Crippen LogP contribution >= 0.6 is 11.3 Å². The molecule has 9 nitrogen and oxygen atoms in total. The number of morpholine rings is 1. The quantitative estimate of drug-likeness (QED) is 0.547. The summed E-state index contributed by atoms with van der Waals surface area (Å²) in [6.45, 7) is 5.85. The number of aromatic nitrogens is 1. The Morgan fingerprint density at radius 3 is 2.68 bits per heavy atom. The van der Waals surface area contributed by atoms with E-state index < -0.39 is 22.9 Å². The number of aliphatic hydroxyl groups excluding tert-OH is 2. The lowest BCUT2D eigenvalue weighted by Gasteiger charge is -2.58. The minimum absolute atomic E-state index is 0.0712. The number of aliphatic carboxylic acids is 1. The molecular formula is C21H31N3O6S. The normalized spacial score (nSPS) is 35.2. The van der Waals surface area contributed by atoms with Crippen molar-refractivity contribution in [2.24, 2.45) is 16.7 Å². The number of carboxylic acid groups (broad SMARTS) is 1. The number of urea groups is 1. The molecule has 172 valence electrons. The molecule has 0 bridgehead atoms. The molecule has 0 aromatic carbocycles. The third-order valence-electron chi connectivity index (χ3n) is 7.78. The van der Waals surface area contributed by atoms with Gasteiger partial charge >= 0.3 is 12.0 Å². The number of thiazole rings is 1. The minimum Gasteiger partial charge on any atom is -0.481 e. The number of anilines is 1. The minimum atomic E-state index is -0.901. The van der Waals surface area contributed by atoms with E-state index in [1.165, 1.54) is 11.3 Å². The van der Waals surface area contributed by atoms with Crippen LogP contribution in [0.1, 0.15) is 49.6 Å². The fourth-order valence-corrected chi connectivity index (χ4v) is 6.87. The number of rotatable bonds is 4. The molecule has 4 rings (SSSR count). The molecule has 2 fully saturated rings. The summed E-state index contributed by atoms with van der Waals surface area (Å²) >= 11 is 1.37. The van der Waals surface area contributed by atoms with Crippen molar-refractivity contribution in [2.45, 2.75) is 51.6 Å². The summed E-state index contributed by atoms with van der Waals surface area (Å²) in [6, 6.07) is -0.233. The first-order valence-electron chi connectivity index (χ1n) is 10.8. The van der Waals surface area contributed by atoms with Gasteiger partial charge < -0.3 is 25.0 Å². The molecule has 3 aliphatic rings. The second-order valence-corrected chi connectivity index (χ2v) is 10.6. The number of carbonyl (C=O) groups is 2. The van der Waals surface area contributed by atoms with Gasteiger partial charge in [0.25, 0.3) is 0 Å². The standard InChI is InChI=1S/C21H31N3O6S/c1-20-4-3-15(26)21(2,11-25)14(20)10-13-17(12(20)9-16(27)28)22-18(31-13)23-19(29)24-5-7-30-8-6-24/h12,14-15,25-26H,3-11H2,1-2H3,(H,27,28)(H,22,23,29)/t12-,14+,15-,20+,21+/m1/s1. The number of carbonyl (C=O) groups excluding carboxylic acids is 1. The van der Waals surface area contributed by atoms with Crippen LogP contribution in [0, 0.1) is 16.7 Å². The van der Waals surface area contributed by atoms with E-state index in [1.807, 2.05) is 6.92 Å². The van der Waals surface area contributed by atoms with Crippen LogP contribution in [0.4, 0.5) is 9.93 Å². The van der Waals surface area contributed by atoms with Gasteiger partial charge in [0.1, 0.15) is 0 Å². The summed E-state index contributed by atoms with van der Waals surface area (Å²) in [5.74, 6) is -1.34. The van der Waals surface area contributed by atoms with Crippen molar-refractivity contribution in [1.29, 1.82) is 0 Å². The predicted octanol–water partition coefficient (Wildman–Crippen LogP) is 1.90. The van der Waals surface area contributed by atoms with E-state index in [1.54, 1.807) is 4.90 Å². The van der Waals surface area contributed by atoms with Gasteiger partial charge in [0.2, 0.25) is 0 Å². The first-order valence-corrected chi connectivity index (χ1v) is 11.6. The first-order chi connectivity index (χ1) is 14.7. The summed E-state index contributed by atoms with van der Waals surface area (Å²) in [7, 11) is 0. The summed E-state index contributed by atoms with van der Waals surface area (Å²) in [5.41, 5.74) is -0.398. The topological polar surface area (TPSA) is 132 Å². The average molecular weight is 454 g/mol. The SMILES string of the molecule is C[C@]1(CO)[C@H]2Cc3sc(NC(=O)N4CCOCC4)nc3[C@@H](CC(=O)O)[C@]2(C)CC[C@H]1O. The number of aliphatic hydroxyl groups is 2. The Morgan fingerprint density at radius 2 is 2.03 bits per heavy atom. The molecule has 31 heavy (non-hydrogen) atoms. The number of nitrogens with one attached hydrogen (secondary N) is 1. The van der Waals surface area contributed by atoms with Gasteiger partial charge in [0.05, 0.1) is 38.0 Å². The van der Waals surface area contributed by atoms with Crippen molar-refractivity contribution in [3.63, 3.8) is 0 Å². The summed E-state index contributed by atoms with van der Waals surface area (Å²) in [6.07, 6.45) is 1.06. The lowest BCUT2D eigenvalue weighted by molar-refractivity contribution is -0.150. The molecule has 1 saturated carbocycles. The third kappa shape index (κ3) is 3.83. The zero-order valence-electron chi connectivity index (χ0n) is 18.0. The Kier molecular flexibility index (Phi) is 6.01. The highest BCUT2D eigenvalue weighted by Crippen LogP contribution is 2.62. The lowest BCUT2D eigenvalue weighted by atomic mass is 9.47.